The van der Waals surface area contributed by atoms with Crippen LogP contribution in [0.3, 0.4) is 0 Å². The smallest absolute Gasteiger partial charge is 0.297 e. The van der Waals surface area contributed by atoms with Crippen LogP contribution in [-0.4, -0.2) is 32.3 Å². The van der Waals surface area contributed by atoms with Crippen molar-refractivity contribution < 1.29 is 4.79 Å². The molecule has 1 aromatic carbocycles. The van der Waals surface area contributed by atoms with Crippen LogP contribution in [0.15, 0.2) is 35.3 Å². The molecule has 2 aromatic heterocycles. The number of fused-ring (bicyclic) bond motifs is 1. The van der Waals surface area contributed by atoms with Crippen LogP contribution in [0.1, 0.15) is 23.1 Å². The number of amides is 1. The first-order valence-electron chi connectivity index (χ1n) is 7.85. The van der Waals surface area contributed by atoms with Crippen molar-refractivity contribution in [1.29, 1.82) is 0 Å². The van der Waals surface area contributed by atoms with Crippen LogP contribution in [-0.2, 0) is 13.1 Å². The van der Waals surface area contributed by atoms with Gasteiger partial charge in [-0.1, -0.05) is 23.5 Å². The average molecular weight is 361 g/mol. The van der Waals surface area contributed by atoms with E-state index in [0.29, 0.717) is 12.2 Å². The molecule has 3 aromatic rings. The Morgan fingerprint density at radius 1 is 1.38 bits per heavy atom. The topological polar surface area (TPSA) is 52.2 Å². The average Bonchev–Trinajstić information content (AvgIpc) is 3.13. The first-order chi connectivity index (χ1) is 11.6. The van der Waals surface area contributed by atoms with Gasteiger partial charge in [0.25, 0.3) is 5.91 Å². The zero-order valence-corrected chi connectivity index (χ0v) is 15.7. The predicted octanol–water partition coefficient (Wildman–Crippen LogP) is 3.33. The van der Waals surface area contributed by atoms with Crippen LogP contribution >= 0.6 is 23.1 Å². The quantitative estimate of drug-likeness (QED) is 0.701. The minimum absolute atomic E-state index is 0.234. The number of nitrogens with zero attached hydrogens (tertiary/aromatic N) is 4. The zero-order chi connectivity index (χ0) is 17.1. The van der Waals surface area contributed by atoms with Crippen LogP contribution in [0.5, 0.6) is 0 Å². The summed E-state index contributed by atoms with van der Waals surface area (Å²) in [5.74, 6) is 0.746. The second-order valence-corrected chi connectivity index (χ2v) is 7.40. The molecule has 0 aliphatic carbocycles. The Morgan fingerprint density at radius 2 is 2.17 bits per heavy atom. The number of hydrogen-bond acceptors (Lipinski definition) is 4. The molecule has 0 fully saturated rings. The summed E-state index contributed by atoms with van der Waals surface area (Å²) < 4.78 is 4.99. The van der Waals surface area contributed by atoms with Gasteiger partial charge in [0.1, 0.15) is 5.69 Å². The Hall–Kier alpha value is -1.86. The molecule has 0 radical (unpaired) electrons. The maximum absolute atomic E-state index is 12.7. The van der Waals surface area contributed by atoms with E-state index < -0.39 is 0 Å². The minimum atomic E-state index is -0.234. The van der Waals surface area contributed by atoms with Crippen molar-refractivity contribution in [3.8, 4) is 0 Å². The van der Waals surface area contributed by atoms with E-state index in [9.17, 15) is 4.79 Å². The van der Waals surface area contributed by atoms with E-state index in [1.54, 1.807) is 33.8 Å². The standard InChI is InChI=1S/C17H20N4OS2/c1-4-21-14(11-12(2)19-21)16(22)18-17-20(9-10-23-3)13-7-5-6-8-15(13)24-17/h5-8,11H,4,9-10H2,1-3H3. The lowest BCUT2D eigenvalue weighted by molar-refractivity contribution is 0.0987. The highest BCUT2D eigenvalue weighted by Gasteiger charge is 2.14. The summed E-state index contributed by atoms with van der Waals surface area (Å²) in [6.07, 6.45) is 2.08. The fourth-order valence-corrected chi connectivity index (χ4v) is 4.03. The van der Waals surface area contributed by atoms with E-state index in [1.807, 2.05) is 26.0 Å². The van der Waals surface area contributed by atoms with Crippen molar-refractivity contribution >= 4 is 39.2 Å². The number of carbonyl (C=O) groups is 1. The number of carbonyl (C=O) groups excluding carboxylic acids is 1. The second-order valence-electron chi connectivity index (χ2n) is 5.40. The van der Waals surface area contributed by atoms with Gasteiger partial charge < -0.3 is 4.57 Å². The molecule has 0 aliphatic heterocycles. The highest BCUT2D eigenvalue weighted by Crippen LogP contribution is 2.17. The first kappa shape index (κ1) is 17.0. The molecule has 3 rings (SSSR count). The molecule has 1 amide bonds. The molecular weight excluding hydrogens is 340 g/mol. The van der Waals surface area contributed by atoms with Gasteiger partial charge in [-0.05, 0) is 38.3 Å². The van der Waals surface area contributed by atoms with Gasteiger partial charge in [-0.25, -0.2) is 0 Å². The lowest BCUT2D eigenvalue weighted by Crippen LogP contribution is -2.19. The van der Waals surface area contributed by atoms with E-state index in [-0.39, 0.29) is 5.91 Å². The van der Waals surface area contributed by atoms with E-state index in [0.717, 1.165) is 33.0 Å². The van der Waals surface area contributed by atoms with Crippen LogP contribution in [0.2, 0.25) is 0 Å². The van der Waals surface area contributed by atoms with Crippen molar-refractivity contribution in [3.05, 3.63) is 46.5 Å². The molecule has 126 valence electrons. The predicted molar refractivity (Wildman–Crippen MR) is 101 cm³/mol. The highest BCUT2D eigenvalue weighted by atomic mass is 32.2. The van der Waals surface area contributed by atoms with Crippen LogP contribution < -0.4 is 4.80 Å². The maximum atomic E-state index is 12.7. The summed E-state index contributed by atoms with van der Waals surface area (Å²) in [4.78, 5) is 17.8. The molecule has 0 spiro atoms. The fourth-order valence-electron chi connectivity index (χ4n) is 2.61. The van der Waals surface area contributed by atoms with Crippen molar-refractivity contribution in [2.45, 2.75) is 26.9 Å². The normalized spacial score (nSPS) is 12.2. The molecule has 0 saturated heterocycles. The van der Waals surface area contributed by atoms with Crippen molar-refractivity contribution in [2.24, 2.45) is 4.99 Å². The van der Waals surface area contributed by atoms with Crippen LogP contribution in [0.25, 0.3) is 10.2 Å². The van der Waals surface area contributed by atoms with Gasteiger partial charge in [0.05, 0.1) is 15.9 Å². The number of aromatic nitrogens is 3. The van der Waals surface area contributed by atoms with Crippen molar-refractivity contribution in [2.75, 3.05) is 12.0 Å². The van der Waals surface area contributed by atoms with E-state index in [1.165, 1.54) is 0 Å². The van der Waals surface area contributed by atoms with E-state index in [4.69, 9.17) is 0 Å². The summed E-state index contributed by atoms with van der Waals surface area (Å²) in [6, 6.07) is 9.98. The third-order valence-electron chi connectivity index (χ3n) is 3.73. The summed E-state index contributed by atoms with van der Waals surface area (Å²) in [5, 5.41) is 4.34. The number of rotatable bonds is 5. The second kappa shape index (κ2) is 7.36. The van der Waals surface area contributed by atoms with E-state index >= 15 is 0 Å². The SMILES string of the molecule is CCn1nc(C)cc1C(=O)N=c1sc2ccccc2n1CCSC. The van der Waals surface area contributed by atoms with Gasteiger partial charge >= 0.3 is 0 Å². The molecule has 0 aliphatic rings. The number of thiazole rings is 1. The van der Waals surface area contributed by atoms with Crippen molar-refractivity contribution in [1.82, 2.24) is 14.3 Å². The molecule has 0 bridgehead atoms. The summed E-state index contributed by atoms with van der Waals surface area (Å²) in [5.41, 5.74) is 2.51. The van der Waals surface area contributed by atoms with Gasteiger partial charge in [0.2, 0.25) is 0 Å². The van der Waals surface area contributed by atoms with Crippen LogP contribution in [0, 0.1) is 6.92 Å². The third kappa shape index (κ3) is 3.32. The van der Waals surface area contributed by atoms with Crippen LogP contribution in [0.4, 0.5) is 0 Å². The number of thioether (sulfide) groups is 1. The molecule has 24 heavy (non-hydrogen) atoms. The number of hydrogen-bond donors (Lipinski definition) is 0. The monoisotopic (exact) mass is 360 g/mol. The number of aryl methyl sites for hydroxylation is 3. The number of benzene rings is 1. The summed E-state index contributed by atoms with van der Waals surface area (Å²) >= 11 is 3.34. The largest absolute Gasteiger partial charge is 0.316 e. The highest BCUT2D eigenvalue weighted by molar-refractivity contribution is 7.98. The Labute approximate surface area is 149 Å². The molecule has 5 nitrogen and oxygen atoms in total. The van der Waals surface area contributed by atoms with Gasteiger partial charge in [-0.3, -0.25) is 9.48 Å². The molecule has 0 unspecified atom stereocenters. The molecular formula is C17H20N4OS2. The Kier molecular flexibility index (Phi) is 5.20. The Morgan fingerprint density at radius 3 is 2.92 bits per heavy atom. The van der Waals surface area contributed by atoms with Crippen molar-refractivity contribution in [3.63, 3.8) is 0 Å². The fraction of sp³-hybridized carbons (Fsp3) is 0.353. The molecule has 2 heterocycles. The van der Waals surface area contributed by atoms with Gasteiger partial charge in [0.15, 0.2) is 4.80 Å². The molecule has 0 saturated carbocycles. The minimum Gasteiger partial charge on any atom is -0.316 e. The van der Waals surface area contributed by atoms with Gasteiger partial charge in [-0.15, -0.1) is 0 Å². The first-order valence-corrected chi connectivity index (χ1v) is 10.1. The lowest BCUT2D eigenvalue weighted by Gasteiger charge is -2.03. The summed E-state index contributed by atoms with van der Waals surface area (Å²) in [7, 11) is 0. The Balaban J connectivity index is 2.10. The summed E-state index contributed by atoms with van der Waals surface area (Å²) in [6.45, 7) is 5.36. The Bertz CT molecular complexity index is 936. The molecule has 7 heteroatoms. The molecule has 0 atom stereocenters. The number of para-hydroxylation sites is 1. The third-order valence-corrected chi connectivity index (χ3v) is 5.38. The van der Waals surface area contributed by atoms with Gasteiger partial charge in [0, 0.05) is 18.8 Å². The molecule has 0 N–H and O–H groups in total. The van der Waals surface area contributed by atoms with Gasteiger partial charge in [-0.2, -0.15) is 21.9 Å². The van der Waals surface area contributed by atoms with E-state index in [2.05, 4.69) is 33.0 Å². The maximum Gasteiger partial charge on any atom is 0.297 e. The zero-order valence-electron chi connectivity index (χ0n) is 14.0. The lowest BCUT2D eigenvalue weighted by atomic mass is 10.3.